The lowest BCUT2D eigenvalue weighted by molar-refractivity contribution is -0.136. The number of amides is 3. The highest BCUT2D eigenvalue weighted by Crippen LogP contribution is 2.28. The van der Waals surface area contributed by atoms with Crippen LogP contribution in [0, 0.1) is 0 Å². The fraction of sp³-hybridized carbons (Fsp3) is 0.571. The molecule has 2 saturated heterocycles. The van der Waals surface area contributed by atoms with Crippen LogP contribution in [-0.4, -0.2) is 53.1 Å². The van der Waals surface area contributed by atoms with E-state index in [4.69, 9.17) is 4.74 Å². The van der Waals surface area contributed by atoms with E-state index in [1.807, 2.05) is 32.0 Å². The van der Waals surface area contributed by atoms with E-state index in [9.17, 15) is 14.4 Å². The van der Waals surface area contributed by atoms with Crippen molar-refractivity contribution in [1.29, 1.82) is 0 Å². The molecule has 1 unspecified atom stereocenters. The number of piperidine rings is 1. The Morgan fingerprint density at radius 3 is 2.76 bits per heavy atom. The molecule has 3 amide bonds. The predicted molar refractivity (Wildman–Crippen MR) is 106 cm³/mol. The molecular weight excluding hydrogens is 372 g/mol. The second-order valence-electron chi connectivity index (χ2n) is 8.61. The van der Waals surface area contributed by atoms with Gasteiger partial charge < -0.3 is 15.0 Å². The van der Waals surface area contributed by atoms with Gasteiger partial charge in [0.15, 0.2) is 0 Å². The molecule has 3 atom stereocenters. The normalized spacial score (nSPS) is 28.6. The molecule has 3 heterocycles. The van der Waals surface area contributed by atoms with Gasteiger partial charge in [-0.2, -0.15) is 0 Å². The Kier molecular flexibility index (Phi) is 5.18. The van der Waals surface area contributed by atoms with E-state index in [1.165, 1.54) is 0 Å². The fourth-order valence-electron chi connectivity index (χ4n) is 4.47. The average Bonchev–Trinajstić information content (AvgIpc) is 3.10. The minimum Gasteiger partial charge on any atom is -0.357 e. The van der Waals surface area contributed by atoms with E-state index < -0.39 is 6.04 Å². The molecule has 3 aliphatic rings. The van der Waals surface area contributed by atoms with Crippen molar-refractivity contribution in [2.24, 2.45) is 0 Å². The van der Waals surface area contributed by atoms with Crippen LogP contribution in [0.1, 0.15) is 55.1 Å². The van der Waals surface area contributed by atoms with Gasteiger partial charge in [0.25, 0.3) is 5.91 Å². The Bertz CT molecular complexity index is 853. The van der Waals surface area contributed by atoms with Crippen LogP contribution in [-0.2, 0) is 27.4 Å². The zero-order chi connectivity index (χ0) is 20.8. The van der Waals surface area contributed by atoms with E-state index in [0.717, 1.165) is 17.7 Å². The van der Waals surface area contributed by atoms with Gasteiger partial charge in [0.05, 0.1) is 6.10 Å². The first-order valence-electron chi connectivity index (χ1n) is 10.2. The van der Waals surface area contributed by atoms with Crippen molar-refractivity contribution in [2.45, 2.75) is 70.6 Å². The first-order valence-corrected chi connectivity index (χ1v) is 10.2. The molecule has 0 radical (unpaired) electrons. The van der Waals surface area contributed by atoms with Gasteiger partial charge in [-0.3, -0.25) is 25.0 Å². The Balaban J connectivity index is 1.36. The Labute approximate surface area is 170 Å². The number of ether oxygens (including phenoxy) is 1. The third kappa shape index (κ3) is 4.05. The number of benzene rings is 1. The van der Waals surface area contributed by atoms with Crippen molar-refractivity contribution in [2.75, 3.05) is 6.54 Å². The molecule has 3 aliphatic heterocycles. The summed E-state index contributed by atoms with van der Waals surface area (Å²) in [5.74, 6) is -0.798. The Morgan fingerprint density at radius 2 is 2.07 bits per heavy atom. The van der Waals surface area contributed by atoms with Crippen LogP contribution in [0.2, 0.25) is 0 Å². The molecule has 0 aliphatic carbocycles. The van der Waals surface area contributed by atoms with E-state index in [2.05, 4.69) is 22.9 Å². The van der Waals surface area contributed by atoms with Crippen LogP contribution in [0.3, 0.4) is 0 Å². The number of hydrogen-bond acceptors (Lipinski definition) is 6. The van der Waals surface area contributed by atoms with Gasteiger partial charge in [0, 0.05) is 37.7 Å². The van der Waals surface area contributed by atoms with Crippen molar-refractivity contribution in [1.82, 2.24) is 20.9 Å². The summed E-state index contributed by atoms with van der Waals surface area (Å²) in [5, 5.41) is 9.25. The Morgan fingerprint density at radius 1 is 1.28 bits per heavy atom. The lowest BCUT2D eigenvalue weighted by Crippen LogP contribution is -2.52. The maximum absolute atomic E-state index is 12.7. The molecule has 0 spiro atoms. The van der Waals surface area contributed by atoms with Gasteiger partial charge in [0.1, 0.15) is 11.8 Å². The van der Waals surface area contributed by atoms with E-state index >= 15 is 0 Å². The summed E-state index contributed by atoms with van der Waals surface area (Å²) in [7, 11) is 0. The maximum atomic E-state index is 12.7. The van der Waals surface area contributed by atoms with Crippen LogP contribution in [0.5, 0.6) is 0 Å². The van der Waals surface area contributed by atoms with E-state index in [1.54, 1.807) is 4.90 Å². The molecule has 2 fully saturated rings. The number of carbonyl (C=O) groups excluding carboxylic acids is 3. The molecule has 8 nitrogen and oxygen atoms in total. The second kappa shape index (κ2) is 7.51. The number of rotatable bonds is 5. The monoisotopic (exact) mass is 400 g/mol. The topological polar surface area (TPSA) is 99.8 Å². The van der Waals surface area contributed by atoms with E-state index in [0.29, 0.717) is 25.1 Å². The van der Waals surface area contributed by atoms with Crippen molar-refractivity contribution in [3.63, 3.8) is 0 Å². The average molecular weight is 400 g/mol. The van der Waals surface area contributed by atoms with Gasteiger partial charge in [-0.05, 0) is 44.4 Å². The van der Waals surface area contributed by atoms with Gasteiger partial charge >= 0.3 is 0 Å². The summed E-state index contributed by atoms with van der Waals surface area (Å²) >= 11 is 0. The molecule has 0 aromatic heterocycles. The third-order valence-electron chi connectivity index (χ3n) is 5.86. The maximum Gasteiger partial charge on any atom is 0.255 e. The number of nitrogens with one attached hydrogen (secondary N) is 3. The summed E-state index contributed by atoms with van der Waals surface area (Å²) in [6.07, 6.45) is 0.779. The second-order valence-corrected chi connectivity index (χ2v) is 8.61. The quantitative estimate of drug-likeness (QED) is 0.628. The highest BCUT2D eigenvalue weighted by molar-refractivity contribution is 6.05. The molecule has 1 aromatic carbocycles. The van der Waals surface area contributed by atoms with E-state index in [-0.39, 0.29) is 42.0 Å². The van der Waals surface area contributed by atoms with Crippen LogP contribution in [0.25, 0.3) is 0 Å². The lowest BCUT2D eigenvalue weighted by Gasteiger charge is -2.29. The SMILES string of the molecule is C[C@H]1OC(C)(C)N[C@@H]1CNCc1ccc2c(c1)CN(C1CCC(=O)NC1=O)C2=O. The molecule has 8 heteroatoms. The standard InChI is InChI=1S/C21H28N4O4/c1-12-16(24-21(2,3)29-12)10-22-9-13-4-5-15-14(8-13)11-25(20(15)28)17-6-7-18(26)23-19(17)27/h4-5,8,12,16-17,22,24H,6-7,9-11H2,1-3H3,(H,23,26,27)/t12-,16-,17?/m1/s1. The first kappa shape index (κ1) is 20.0. The van der Waals surface area contributed by atoms with Crippen LogP contribution >= 0.6 is 0 Å². The van der Waals surface area contributed by atoms with Crippen molar-refractivity contribution in [3.05, 3.63) is 34.9 Å². The summed E-state index contributed by atoms with van der Waals surface area (Å²) in [4.78, 5) is 37.8. The van der Waals surface area contributed by atoms with Gasteiger partial charge in [-0.25, -0.2) is 0 Å². The van der Waals surface area contributed by atoms with Crippen molar-refractivity contribution < 1.29 is 19.1 Å². The molecule has 4 rings (SSSR count). The minimum absolute atomic E-state index is 0.136. The Hall–Kier alpha value is -2.29. The first-order chi connectivity index (χ1) is 13.7. The number of imide groups is 1. The summed E-state index contributed by atoms with van der Waals surface area (Å²) in [6.45, 7) is 7.98. The summed E-state index contributed by atoms with van der Waals surface area (Å²) in [6, 6.07) is 5.47. The summed E-state index contributed by atoms with van der Waals surface area (Å²) < 4.78 is 5.87. The smallest absolute Gasteiger partial charge is 0.255 e. The largest absolute Gasteiger partial charge is 0.357 e. The molecule has 0 bridgehead atoms. The highest BCUT2D eigenvalue weighted by atomic mass is 16.5. The molecule has 29 heavy (non-hydrogen) atoms. The van der Waals surface area contributed by atoms with Gasteiger partial charge in [-0.15, -0.1) is 0 Å². The minimum atomic E-state index is -0.576. The number of carbonyl (C=O) groups is 3. The molecular formula is C21H28N4O4. The van der Waals surface area contributed by atoms with Crippen LogP contribution < -0.4 is 16.0 Å². The zero-order valence-corrected chi connectivity index (χ0v) is 17.1. The van der Waals surface area contributed by atoms with Crippen LogP contribution in [0.15, 0.2) is 18.2 Å². The highest BCUT2D eigenvalue weighted by Gasteiger charge is 2.39. The zero-order valence-electron chi connectivity index (χ0n) is 17.1. The molecule has 1 aromatic rings. The van der Waals surface area contributed by atoms with Gasteiger partial charge in [-0.1, -0.05) is 12.1 Å². The number of fused-ring (bicyclic) bond motifs is 1. The number of nitrogens with zero attached hydrogens (tertiary/aromatic N) is 1. The third-order valence-corrected chi connectivity index (χ3v) is 5.86. The fourth-order valence-corrected chi connectivity index (χ4v) is 4.47. The van der Waals surface area contributed by atoms with Crippen molar-refractivity contribution >= 4 is 17.7 Å². The predicted octanol–water partition coefficient (Wildman–Crippen LogP) is 0.650. The molecule has 3 N–H and O–H groups in total. The molecule has 0 saturated carbocycles. The lowest BCUT2D eigenvalue weighted by atomic mass is 10.0. The van der Waals surface area contributed by atoms with Crippen LogP contribution in [0.4, 0.5) is 0 Å². The molecule has 156 valence electrons. The van der Waals surface area contributed by atoms with Crippen molar-refractivity contribution in [3.8, 4) is 0 Å². The number of hydrogen-bond donors (Lipinski definition) is 3. The summed E-state index contributed by atoms with van der Waals surface area (Å²) in [5.41, 5.74) is 2.35. The van der Waals surface area contributed by atoms with Gasteiger partial charge in [0.2, 0.25) is 11.8 Å².